The van der Waals surface area contributed by atoms with E-state index in [4.69, 9.17) is 0 Å². The van der Waals surface area contributed by atoms with Gasteiger partial charge in [-0.2, -0.15) is 5.10 Å². The SMILES string of the molecule is Cc1nn(-c2ccccc2)cc1S(=O)(=O)Nc1cccc2ccccc12. The van der Waals surface area contributed by atoms with E-state index in [0.29, 0.717) is 11.4 Å². The molecule has 0 saturated heterocycles. The molecule has 6 heteroatoms. The fraction of sp³-hybridized carbons (Fsp3) is 0.0500. The highest BCUT2D eigenvalue weighted by atomic mass is 32.2. The number of aromatic nitrogens is 2. The Bertz CT molecular complexity index is 1180. The van der Waals surface area contributed by atoms with Crippen molar-refractivity contribution in [1.82, 2.24) is 9.78 Å². The Labute approximate surface area is 152 Å². The summed E-state index contributed by atoms with van der Waals surface area (Å²) in [6.45, 7) is 1.69. The summed E-state index contributed by atoms with van der Waals surface area (Å²) < 4.78 is 30.2. The Hall–Kier alpha value is -3.12. The van der Waals surface area contributed by atoms with Gasteiger partial charge in [-0.3, -0.25) is 4.72 Å². The number of nitrogens with one attached hydrogen (secondary N) is 1. The van der Waals surface area contributed by atoms with Crippen LogP contribution in [0.3, 0.4) is 0 Å². The summed E-state index contributed by atoms with van der Waals surface area (Å²) >= 11 is 0. The van der Waals surface area contributed by atoms with Crippen LogP contribution in [0.1, 0.15) is 5.69 Å². The fourth-order valence-electron chi connectivity index (χ4n) is 2.94. The normalized spacial score (nSPS) is 11.6. The number of hydrogen-bond donors (Lipinski definition) is 1. The molecule has 4 aromatic rings. The molecule has 1 aromatic heterocycles. The maximum Gasteiger partial charge on any atom is 0.265 e. The van der Waals surface area contributed by atoms with Gasteiger partial charge in [-0.25, -0.2) is 13.1 Å². The van der Waals surface area contributed by atoms with E-state index >= 15 is 0 Å². The van der Waals surface area contributed by atoms with E-state index in [1.165, 1.54) is 6.20 Å². The van der Waals surface area contributed by atoms with Gasteiger partial charge >= 0.3 is 0 Å². The van der Waals surface area contributed by atoms with Crippen LogP contribution in [0.25, 0.3) is 16.5 Å². The van der Waals surface area contributed by atoms with Crippen molar-refractivity contribution in [1.29, 1.82) is 0 Å². The van der Waals surface area contributed by atoms with E-state index in [1.807, 2.05) is 66.7 Å². The summed E-state index contributed by atoms with van der Waals surface area (Å²) in [4.78, 5) is 0.161. The molecular weight excluding hydrogens is 346 g/mol. The minimum absolute atomic E-state index is 0.161. The fourth-order valence-corrected chi connectivity index (χ4v) is 4.18. The van der Waals surface area contributed by atoms with Gasteiger partial charge < -0.3 is 0 Å². The number of aryl methyl sites for hydroxylation is 1. The molecule has 1 N–H and O–H groups in total. The molecule has 5 nitrogen and oxygen atoms in total. The summed E-state index contributed by atoms with van der Waals surface area (Å²) in [5, 5.41) is 6.18. The summed E-state index contributed by atoms with van der Waals surface area (Å²) in [5.41, 5.74) is 1.80. The van der Waals surface area contributed by atoms with Crippen molar-refractivity contribution in [2.45, 2.75) is 11.8 Å². The average Bonchev–Trinajstić information content (AvgIpc) is 3.05. The molecule has 0 atom stereocenters. The topological polar surface area (TPSA) is 64.0 Å². The first-order chi connectivity index (χ1) is 12.5. The third kappa shape index (κ3) is 2.95. The van der Waals surface area contributed by atoms with Crippen molar-refractivity contribution in [2.24, 2.45) is 0 Å². The second-order valence-electron chi connectivity index (χ2n) is 5.99. The highest BCUT2D eigenvalue weighted by Crippen LogP contribution is 2.26. The molecule has 3 aromatic carbocycles. The van der Waals surface area contributed by atoms with E-state index in [0.717, 1.165) is 16.5 Å². The zero-order valence-electron chi connectivity index (χ0n) is 14.1. The van der Waals surface area contributed by atoms with Gasteiger partial charge in [0.2, 0.25) is 0 Å². The molecule has 0 aliphatic carbocycles. The van der Waals surface area contributed by atoms with E-state index < -0.39 is 10.0 Å². The van der Waals surface area contributed by atoms with Gasteiger partial charge in [-0.05, 0) is 30.5 Å². The van der Waals surface area contributed by atoms with E-state index in [2.05, 4.69) is 9.82 Å². The molecule has 0 spiro atoms. The minimum Gasteiger partial charge on any atom is -0.279 e. The first kappa shape index (κ1) is 16.4. The van der Waals surface area contributed by atoms with Crippen LogP contribution >= 0.6 is 0 Å². The van der Waals surface area contributed by atoms with E-state index in [1.54, 1.807) is 17.7 Å². The Balaban J connectivity index is 1.74. The monoisotopic (exact) mass is 363 g/mol. The van der Waals surface area contributed by atoms with E-state index in [9.17, 15) is 8.42 Å². The number of nitrogens with zero attached hydrogens (tertiary/aromatic N) is 2. The van der Waals surface area contributed by atoms with Gasteiger partial charge in [0.05, 0.1) is 23.3 Å². The van der Waals surface area contributed by atoms with Gasteiger partial charge in [-0.1, -0.05) is 54.6 Å². The molecule has 0 bridgehead atoms. The first-order valence-electron chi connectivity index (χ1n) is 8.17. The highest BCUT2D eigenvalue weighted by molar-refractivity contribution is 7.92. The zero-order valence-corrected chi connectivity index (χ0v) is 14.9. The van der Waals surface area contributed by atoms with Crippen LogP contribution in [0, 0.1) is 6.92 Å². The van der Waals surface area contributed by atoms with Gasteiger partial charge in [0.1, 0.15) is 4.90 Å². The Morgan fingerprint density at radius 1 is 0.885 bits per heavy atom. The smallest absolute Gasteiger partial charge is 0.265 e. The Kier molecular flexibility index (Phi) is 3.97. The molecule has 0 unspecified atom stereocenters. The van der Waals surface area contributed by atoms with Crippen molar-refractivity contribution in [2.75, 3.05) is 4.72 Å². The second kappa shape index (κ2) is 6.31. The molecular formula is C20H17N3O2S. The van der Waals surface area contributed by atoms with Crippen LogP contribution in [-0.4, -0.2) is 18.2 Å². The quantitative estimate of drug-likeness (QED) is 0.593. The molecule has 1 heterocycles. The van der Waals surface area contributed by atoms with Crippen LogP contribution in [0.5, 0.6) is 0 Å². The summed E-state index contributed by atoms with van der Waals surface area (Å²) in [5.74, 6) is 0. The van der Waals surface area contributed by atoms with E-state index in [-0.39, 0.29) is 4.90 Å². The van der Waals surface area contributed by atoms with Gasteiger partial charge in [0, 0.05) is 5.39 Å². The third-order valence-electron chi connectivity index (χ3n) is 4.20. The van der Waals surface area contributed by atoms with Crippen molar-refractivity contribution in [3.05, 3.63) is 84.7 Å². The number of rotatable bonds is 4. The molecule has 26 heavy (non-hydrogen) atoms. The molecule has 0 fully saturated rings. The van der Waals surface area contributed by atoms with Crippen LogP contribution in [-0.2, 0) is 10.0 Å². The Morgan fingerprint density at radius 3 is 2.38 bits per heavy atom. The standard InChI is InChI=1S/C20H17N3O2S/c1-15-20(14-23(21-15)17-10-3-2-4-11-17)26(24,25)22-19-13-7-9-16-8-5-6-12-18(16)19/h2-14,22H,1H3. The average molecular weight is 363 g/mol. The molecule has 0 aliphatic rings. The largest absolute Gasteiger partial charge is 0.279 e. The molecule has 0 amide bonds. The number of benzene rings is 3. The lowest BCUT2D eigenvalue weighted by molar-refractivity contribution is 0.600. The first-order valence-corrected chi connectivity index (χ1v) is 9.65. The van der Waals surface area contributed by atoms with Crippen LogP contribution in [0.4, 0.5) is 5.69 Å². The maximum atomic E-state index is 12.9. The van der Waals surface area contributed by atoms with Crippen LogP contribution < -0.4 is 4.72 Å². The van der Waals surface area contributed by atoms with Gasteiger partial charge in [0.25, 0.3) is 10.0 Å². The molecule has 0 aliphatic heterocycles. The molecule has 4 rings (SSSR count). The molecule has 0 radical (unpaired) electrons. The number of sulfonamides is 1. The summed E-state index contributed by atoms with van der Waals surface area (Å²) in [6.07, 6.45) is 1.54. The lowest BCUT2D eigenvalue weighted by atomic mass is 10.1. The number of fused-ring (bicyclic) bond motifs is 1. The van der Waals surface area contributed by atoms with Crippen molar-refractivity contribution >= 4 is 26.5 Å². The third-order valence-corrected chi connectivity index (χ3v) is 5.67. The van der Waals surface area contributed by atoms with Crippen molar-refractivity contribution in [3.8, 4) is 5.69 Å². The predicted molar refractivity (Wildman–Crippen MR) is 103 cm³/mol. The number of hydrogen-bond acceptors (Lipinski definition) is 3. The molecule has 0 saturated carbocycles. The van der Waals surface area contributed by atoms with Gasteiger partial charge in [-0.15, -0.1) is 0 Å². The van der Waals surface area contributed by atoms with Gasteiger partial charge in [0.15, 0.2) is 0 Å². The number of para-hydroxylation sites is 1. The van der Waals surface area contributed by atoms with Crippen molar-refractivity contribution in [3.63, 3.8) is 0 Å². The summed E-state index contributed by atoms with van der Waals surface area (Å²) in [7, 11) is -3.76. The lowest BCUT2D eigenvalue weighted by Crippen LogP contribution is -2.13. The highest BCUT2D eigenvalue weighted by Gasteiger charge is 2.21. The summed E-state index contributed by atoms with van der Waals surface area (Å²) in [6, 6.07) is 22.6. The number of anilines is 1. The lowest BCUT2D eigenvalue weighted by Gasteiger charge is -2.10. The Morgan fingerprint density at radius 2 is 1.58 bits per heavy atom. The zero-order chi connectivity index (χ0) is 18.1. The predicted octanol–water partition coefficient (Wildman–Crippen LogP) is 4.13. The second-order valence-corrected chi connectivity index (χ2v) is 7.64. The van der Waals surface area contributed by atoms with Crippen molar-refractivity contribution < 1.29 is 8.42 Å². The molecule has 130 valence electrons. The maximum absolute atomic E-state index is 12.9. The van der Waals surface area contributed by atoms with Crippen LogP contribution in [0.15, 0.2) is 83.9 Å². The minimum atomic E-state index is -3.76. The van der Waals surface area contributed by atoms with Crippen LogP contribution in [0.2, 0.25) is 0 Å².